The molecule has 2 rings (SSSR count). The van der Waals surface area contributed by atoms with Gasteiger partial charge in [0.1, 0.15) is 0 Å². The normalized spacial score (nSPS) is 10.0. The van der Waals surface area contributed by atoms with Crippen LogP contribution in [-0.4, -0.2) is 0 Å². The number of hydrogen-bond donors (Lipinski definition) is 1. The molecule has 0 heterocycles. The number of nitrogens with zero attached hydrogens (tertiary/aromatic N) is 1. The largest absolute Gasteiger partial charge is 0.381 e. The fourth-order valence-corrected chi connectivity index (χ4v) is 1.77. The van der Waals surface area contributed by atoms with Crippen molar-refractivity contribution in [1.82, 2.24) is 0 Å². The van der Waals surface area contributed by atoms with E-state index in [4.69, 9.17) is 5.26 Å². The van der Waals surface area contributed by atoms with Gasteiger partial charge in [-0.25, -0.2) is 8.78 Å². The van der Waals surface area contributed by atoms with E-state index >= 15 is 0 Å². The maximum atomic E-state index is 13.0. The lowest BCUT2D eigenvalue weighted by atomic mass is 10.1. The van der Waals surface area contributed by atoms with Gasteiger partial charge in [0.25, 0.3) is 0 Å². The minimum absolute atomic E-state index is 0.489. The summed E-state index contributed by atoms with van der Waals surface area (Å²) in [5.41, 5.74) is 3.11. The van der Waals surface area contributed by atoms with Crippen LogP contribution in [0.5, 0.6) is 0 Å². The highest BCUT2D eigenvalue weighted by Crippen LogP contribution is 2.16. The van der Waals surface area contributed by atoms with Crippen molar-refractivity contribution in [2.45, 2.75) is 13.5 Å². The van der Waals surface area contributed by atoms with Gasteiger partial charge in [-0.3, -0.25) is 0 Å². The van der Waals surface area contributed by atoms with Gasteiger partial charge < -0.3 is 5.32 Å². The summed E-state index contributed by atoms with van der Waals surface area (Å²) >= 11 is 0. The van der Waals surface area contributed by atoms with Crippen LogP contribution < -0.4 is 5.32 Å². The molecule has 4 heteroatoms. The molecule has 0 fully saturated rings. The molecule has 0 unspecified atom stereocenters. The van der Waals surface area contributed by atoms with Crippen molar-refractivity contribution in [1.29, 1.82) is 5.26 Å². The lowest BCUT2D eigenvalue weighted by Crippen LogP contribution is -2.02. The lowest BCUT2D eigenvalue weighted by Gasteiger charge is -2.09. The molecule has 2 aromatic rings. The first-order chi connectivity index (χ1) is 9.10. The van der Waals surface area contributed by atoms with Gasteiger partial charge in [-0.05, 0) is 42.3 Å². The zero-order valence-corrected chi connectivity index (χ0v) is 10.4. The van der Waals surface area contributed by atoms with Crippen LogP contribution in [0.2, 0.25) is 0 Å². The maximum absolute atomic E-state index is 13.0. The fraction of sp³-hybridized carbons (Fsp3) is 0.133. The molecule has 19 heavy (non-hydrogen) atoms. The molecule has 2 nitrogen and oxygen atoms in total. The van der Waals surface area contributed by atoms with Gasteiger partial charge in [-0.15, -0.1) is 0 Å². The fourth-order valence-electron chi connectivity index (χ4n) is 1.77. The highest BCUT2D eigenvalue weighted by molar-refractivity contribution is 5.45. The molecule has 0 aliphatic rings. The second-order valence-corrected chi connectivity index (χ2v) is 4.24. The number of benzene rings is 2. The molecule has 2 aromatic carbocycles. The molecule has 1 N–H and O–H groups in total. The predicted octanol–water partition coefficient (Wildman–Crippen LogP) is 3.76. The zero-order chi connectivity index (χ0) is 13.8. The first kappa shape index (κ1) is 13.0. The number of halogens is 2. The van der Waals surface area contributed by atoms with Crippen LogP contribution in [0.3, 0.4) is 0 Å². The molecule has 0 amide bonds. The van der Waals surface area contributed by atoms with Gasteiger partial charge >= 0.3 is 0 Å². The SMILES string of the molecule is Cc1cc(C#N)ccc1CNc1ccc(F)c(F)c1. The third-order valence-electron chi connectivity index (χ3n) is 2.87. The Kier molecular flexibility index (Phi) is 3.76. The van der Waals surface area contributed by atoms with E-state index in [1.165, 1.54) is 6.07 Å². The monoisotopic (exact) mass is 258 g/mol. The van der Waals surface area contributed by atoms with Crippen LogP contribution in [0.25, 0.3) is 0 Å². The Morgan fingerprint density at radius 2 is 1.89 bits per heavy atom. The van der Waals surface area contributed by atoms with E-state index in [1.54, 1.807) is 12.1 Å². The van der Waals surface area contributed by atoms with E-state index in [1.807, 2.05) is 13.0 Å². The molecule has 96 valence electrons. The molecule has 0 saturated carbocycles. The molecular formula is C15H12F2N2. The predicted molar refractivity (Wildman–Crippen MR) is 69.6 cm³/mol. The van der Waals surface area contributed by atoms with Gasteiger partial charge in [0.2, 0.25) is 0 Å². The van der Waals surface area contributed by atoms with Gasteiger partial charge in [0, 0.05) is 18.3 Å². The third kappa shape index (κ3) is 3.08. The summed E-state index contributed by atoms with van der Waals surface area (Å²) in [6, 6.07) is 11.1. The number of aryl methyl sites for hydroxylation is 1. The van der Waals surface area contributed by atoms with E-state index < -0.39 is 11.6 Å². The molecule has 0 saturated heterocycles. The number of anilines is 1. The Labute approximate surface area is 110 Å². The average molecular weight is 258 g/mol. The van der Waals surface area contributed by atoms with E-state index in [0.29, 0.717) is 17.8 Å². The topological polar surface area (TPSA) is 35.8 Å². The van der Waals surface area contributed by atoms with Crippen LogP contribution in [0.1, 0.15) is 16.7 Å². The zero-order valence-electron chi connectivity index (χ0n) is 10.4. The van der Waals surface area contributed by atoms with Gasteiger partial charge in [0.05, 0.1) is 11.6 Å². The third-order valence-corrected chi connectivity index (χ3v) is 2.87. The van der Waals surface area contributed by atoms with Gasteiger partial charge in [0.15, 0.2) is 11.6 Å². The van der Waals surface area contributed by atoms with E-state index in [2.05, 4.69) is 11.4 Å². The highest BCUT2D eigenvalue weighted by atomic mass is 19.2. The van der Waals surface area contributed by atoms with E-state index in [9.17, 15) is 8.78 Å². The summed E-state index contributed by atoms with van der Waals surface area (Å²) in [7, 11) is 0. The molecule has 0 aromatic heterocycles. The van der Waals surface area contributed by atoms with E-state index in [0.717, 1.165) is 23.3 Å². The molecule has 0 spiro atoms. The summed E-state index contributed by atoms with van der Waals surface area (Å²) in [6.07, 6.45) is 0. The number of hydrogen-bond acceptors (Lipinski definition) is 2. The molecule has 0 aliphatic heterocycles. The van der Waals surface area contributed by atoms with Crippen LogP contribution in [0, 0.1) is 29.9 Å². The molecule has 0 radical (unpaired) electrons. The Hall–Kier alpha value is -2.41. The Morgan fingerprint density at radius 1 is 1.11 bits per heavy atom. The summed E-state index contributed by atoms with van der Waals surface area (Å²) in [6.45, 7) is 2.39. The second-order valence-electron chi connectivity index (χ2n) is 4.24. The van der Waals surface area contributed by atoms with Gasteiger partial charge in [-0.1, -0.05) is 6.07 Å². The van der Waals surface area contributed by atoms with Crippen molar-refractivity contribution >= 4 is 5.69 Å². The summed E-state index contributed by atoms with van der Waals surface area (Å²) in [5, 5.41) is 11.8. The quantitative estimate of drug-likeness (QED) is 0.909. The highest BCUT2D eigenvalue weighted by Gasteiger charge is 2.03. The van der Waals surface area contributed by atoms with E-state index in [-0.39, 0.29) is 0 Å². The van der Waals surface area contributed by atoms with Crippen LogP contribution in [-0.2, 0) is 6.54 Å². The minimum Gasteiger partial charge on any atom is -0.381 e. The van der Waals surface area contributed by atoms with Crippen LogP contribution >= 0.6 is 0 Å². The lowest BCUT2D eigenvalue weighted by molar-refractivity contribution is 0.509. The smallest absolute Gasteiger partial charge is 0.160 e. The summed E-state index contributed by atoms with van der Waals surface area (Å²) in [5.74, 6) is -1.73. The van der Waals surface area contributed by atoms with Crippen molar-refractivity contribution in [3.05, 3.63) is 64.7 Å². The minimum atomic E-state index is -0.874. The van der Waals surface area contributed by atoms with Crippen LogP contribution in [0.15, 0.2) is 36.4 Å². The van der Waals surface area contributed by atoms with Gasteiger partial charge in [-0.2, -0.15) is 5.26 Å². The van der Waals surface area contributed by atoms with Crippen molar-refractivity contribution in [2.75, 3.05) is 5.32 Å². The van der Waals surface area contributed by atoms with Crippen molar-refractivity contribution < 1.29 is 8.78 Å². The van der Waals surface area contributed by atoms with Crippen molar-refractivity contribution in [3.8, 4) is 6.07 Å². The molecular weight excluding hydrogens is 246 g/mol. The average Bonchev–Trinajstić information content (AvgIpc) is 2.41. The number of nitrogens with one attached hydrogen (secondary N) is 1. The Morgan fingerprint density at radius 3 is 2.53 bits per heavy atom. The molecule has 0 bridgehead atoms. The Bertz CT molecular complexity index is 645. The van der Waals surface area contributed by atoms with Crippen LogP contribution in [0.4, 0.5) is 14.5 Å². The maximum Gasteiger partial charge on any atom is 0.160 e. The number of rotatable bonds is 3. The summed E-state index contributed by atoms with van der Waals surface area (Å²) < 4.78 is 25.8. The first-order valence-electron chi connectivity index (χ1n) is 5.78. The van der Waals surface area contributed by atoms with Crippen molar-refractivity contribution in [2.24, 2.45) is 0 Å². The first-order valence-corrected chi connectivity index (χ1v) is 5.78. The standard InChI is InChI=1S/C15H12F2N2/c1-10-6-11(8-18)2-3-12(10)9-19-13-4-5-14(16)15(17)7-13/h2-7,19H,9H2,1H3. The molecule has 0 aliphatic carbocycles. The van der Waals surface area contributed by atoms with Crippen molar-refractivity contribution in [3.63, 3.8) is 0 Å². The molecule has 0 atom stereocenters. The second kappa shape index (κ2) is 5.49. The summed E-state index contributed by atoms with van der Waals surface area (Å²) in [4.78, 5) is 0. The Balaban J connectivity index is 2.10. The number of nitriles is 1.